The second-order valence-corrected chi connectivity index (χ2v) is 96.4. The summed E-state index contributed by atoms with van der Waals surface area (Å²) in [5.41, 5.74) is 0. The van der Waals surface area contributed by atoms with Crippen LogP contribution in [0.3, 0.4) is 0 Å². The molecule has 0 aromatic heterocycles. The third kappa shape index (κ3) is 6.15. The summed E-state index contributed by atoms with van der Waals surface area (Å²) in [7, 11) is 0. The molecule has 0 rings (SSSR count). The van der Waals surface area contributed by atoms with Crippen LogP contribution < -0.4 is 0 Å². The first kappa shape index (κ1) is 30.6. The molecule has 0 heterocycles. The quantitative estimate of drug-likeness (QED) is 0.170. The third-order valence-electron chi connectivity index (χ3n) is 4.02. The minimum absolute atomic E-state index is 0.431. The van der Waals surface area contributed by atoms with Gasteiger partial charge in [0.15, 0.2) is 0 Å². The van der Waals surface area contributed by atoms with Crippen LogP contribution in [0.5, 0.6) is 0 Å². The normalized spacial score (nSPS) is 15.5. The molecule has 0 aliphatic carbocycles. The molecule has 158 valence electrons. The topological polar surface area (TPSA) is 6.48 Å². The number of rotatable bonds is 9. The van der Waals surface area contributed by atoms with Crippen molar-refractivity contribution in [2.45, 2.75) is 79.6 Å². The fourth-order valence-corrected chi connectivity index (χ4v) is 191. The monoisotopic (exact) mass is 943 g/mol. The highest BCUT2D eigenvalue weighted by Gasteiger charge is 2.75. The van der Waals surface area contributed by atoms with Crippen LogP contribution >= 0.6 is 122 Å². The Labute approximate surface area is 226 Å². The number of hydrogen-bond acceptors (Lipinski definition) is 2. The second-order valence-electron chi connectivity index (χ2n) is 7.42. The van der Waals surface area contributed by atoms with Crippen LogP contribution in [0.4, 0.5) is 0 Å². The molecule has 2 nitrogen and oxygen atoms in total. The van der Waals surface area contributed by atoms with Crippen molar-refractivity contribution in [1.29, 1.82) is 0 Å². The molecular weight excluding hydrogens is 924 g/mol. The maximum Gasteiger partial charge on any atom is 0.282 e. The summed E-state index contributed by atoms with van der Waals surface area (Å²) in [6.45, 7) is 18.1. The lowest BCUT2D eigenvalue weighted by atomic mass is 10.3. The average molecular weight is 952 g/mol. The molecule has 0 N–H and O–H groups in total. The number of halogens is 8. The van der Waals surface area contributed by atoms with Crippen molar-refractivity contribution in [3.8, 4) is 0 Å². The van der Waals surface area contributed by atoms with E-state index in [-0.39, 0.29) is 0 Å². The Balaban J connectivity index is 6.38. The first-order chi connectivity index (χ1) is 11.3. The molecule has 14 heteroatoms. The second kappa shape index (κ2) is 11.2. The van der Waals surface area contributed by atoms with Gasteiger partial charge in [0.25, 0.3) is 9.98 Å². The Hall–Kier alpha value is 4.63. The molecule has 0 bridgehead atoms. The van der Waals surface area contributed by atoms with E-state index < -0.39 is 18.7 Å². The predicted molar refractivity (Wildman–Crippen MR) is 159 cm³/mol. The van der Waals surface area contributed by atoms with Crippen LogP contribution in [-0.2, 0) is 0 Å². The van der Waals surface area contributed by atoms with Gasteiger partial charge in [-0.25, -0.2) is 0 Å². The highest BCUT2D eigenvalue weighted by atomic mass is 80.0. The van der Waals surface area contributed by atoms with Crippen LogP contribution in [0.1, 0.15) is 55.4 Å². The van der Waals surface area contributed by atoms with Gasteiger partial charge in [-0.05, 0) is 24.2 Å². The minimum atomic E-state index is -2.22. The first-order valence-corrected chi connectivity index (χ1v) is 37.3. The largest absolute Gasteiger partial charge is 0.303 e. The van der Waals surface area contributed by atoms with E-state index in [0.29, 0.717) is 24.2 Å². The zero-order chi connectivity index (χ0) is 21.5. The fourth-order valence-electron chi connectivity index (χ4n) is 3.19. The maximum atomic E-state index is 4.26. The van der Waals surface area contributed by atoms with Crippen molar-refractivity contribution in [3.63, 3.8) is 0 Å². The maximum absolute atomic E-state index is 4.26. The van der Waals surface area contributed by atoms with E-state index in [1.165, 1.54) is 0 Å². The Morgan fingerprint density at radius 1 is 0.423 bits per heavy atom. The van der Waals surface area contributed by atoms with Crippen molar-refractivity contribution in [2.24, 2.45) is 0 Å². The molecule has 0 unspecified atom stereocenters. The molecule has 0 atom stereocenters. The van der Waals surface area contributed by atoms with Gasteiger partial charge in [0, 0.05) is 0 Å². The highest BCUT2D eigenvalue weighted by Crippen LogP contribution is 2.59. The van der Waals surface area contributed by atoms with Gasteiger partial charge < -0.3 is 9.13 Å². The molecule has 0 aliphatic heterocycles. The van der Waals surface area contributed by atoms with E-state index in [2.05, 4.69) is 187 Å². The van der Waals surface area contributed by atoms with Crippen LogP contribution in [0.2, 0.25) is 0 Å². The Morgan fingerprint density at radius 2 is 0.577 bits per heavy atom. The lowest BCUT2D eigenvalue weighted by molar-refractivity contribution is 0.312. The fraction of sp³-hybridized carbons (Fsp3) is 1.00. The van der Waals surface area contributed by atoms with Crippen molar-refractivity contribution in [3.05, 3.63) is 0 Å². The minimum Gasteiger partial charge on any atom is -0.303 e. The molecule has 0 saturated carbocycles. The standard InChI is InChI=1S/C12H28Br8N2Si4/c1-9(2)21(10(3)4)23(13,14)25(17,18)26(19,20)24(15,16)22(11(5)6)12(7)8/h9-12H,1-8H3. The molecule has 0 fully saturated rings. The van der Waals surface area contributed by atoms with Crippen molar-refractivity contribution >= 4 is 141 Å². The lowest BCUT2D eigenvalue weighted by Crippen LogP contribution is -2.79. The van der Waals surface area contributed by atoms with E-state index in [0.717, 1.165) is 0 Å². The van der Waals surface area contributed by atoms with Crippen molar-refractivity contribution < 1.29 is 0 Å². The molecule has 0 spiro atoms. The zero-order valence-electron chi connectivity index (χ0n) is 16.2. The van der Waals surface area contributed by atoms with Gasteiger partial charge in [-0.15, -0.1) is 61.2 Å². The summed E-state index contributed by atoms with van der Waals surface area (Å²) in [5, 5.41) is 0. The van der Waals surface area contributed by atoms with Crippen LogP contribution in [0.15, 0.2) is 0 Å². The summed E-state index contributed by atoms with van der Waals surface area (Å²) in [4.78, 5) is -4.40. The van der Waals surface area contributed by atoms with Crippen molar-refractivity contribution in [1.82, 2.24) is 9.13 Å². The van der Waals surface area contributed by atoms with Crippen LogP contribution in [0.25, 0.3) is 0 Å². The molecule has 0 amide bonds. The Morgan fingerprint density at radius 3 is 0.692 bits per heavy atom. The third-order valence-corrected chi connectivity index (χ3v) is 186. The molecule has 0 aliphatic rings. The SMILES string of the molecule is CC(C)N(C(C)C)[Si](Br)(Br)[Si](Br)(Br)[Si](Br)(Br)[Si](Br)(Br)N(C(C)C)C(C)C. The van der Waals surface area contributed by atoms with E-state index >= 15 is 0 Å². The molecule has 0 radical (unpaired) electrons. The van der Waals surface area contributed by atoms with Gasteiger partial charge in [0.05, 0.1) is 0 Å². The van der Waals surface area contributed by atoms with E-state index in [4.69, 9.17) is 0 Å². The highest BCUT2D eigenvalue weighted by molar-refractivity contribution is 9.78. The molecular formula is C12H28Br8N2Si4. The summed E-state index contributed by atoms with van der Waals surface area (Å²) in [6.07, 6.45) is 0. The van der Waals surface area contributed by atoms with Gasteiger partial charge in [-0.2, -0.15) is 0 Å². The van der Waals surface area contributed by atoms with Gasteiger partial charge in [-0.1, -0.05) is 117 Å². The smallest absolute Gasteiger partial charge is 0.282 e. The average Bonchev–Trinajstić information content (AvgIpc) is 2.34. The molecule has 0 aromatic carbocycles. The zero-order valence-corrected chi connectivity index (χ0v) is 32.9. The summed E-state index contributed by atoms with van der Waals surface area (Å²) in [5.74, 6) is 0. The van der Waals surface area contributed by atoms with E-state index in [9.17, 15) is 0 Å². The van der Waals surface area contributed by atoms with Gasteiger partial charge in [0.1, 0.15) is 0 Å². The summed E-state index contributed by atoms with van der Waals surface area (Å²) < 4.78 is 0.777. The summed E-state index contributed by atoms with van der Waals surface area (Å²) in [6, 6.07) is 1.72. The van der Waals surface area contributed by atoms with E-state index in [1.807, 2.05) is 0 Å². The van der Waals surface area contributed by atoms with Gasteiger partial charge in [-0.3, -0.25) is 0 Å². The number of hydrogen-bond donors (Lipinski definition) is 0. The number of nitrogens with zero attached hydrogens (tertiary/aromatic N) is 2. The molecule has 0 aromatic rings. The Kier molecular flexibility index (Phi) is 13.2. The lowest BCUT2D eigenvalue weighted by Gasteiger charge is -2.53. The first-order valence-electron chi connectivity index (χ1n) is 8.36. The van der Waals surface area contributed by atoms with Crippen LogP contribution in [0, 0.1) is 0 Å². The van der Waals surface area contributed by atoms with Gasteiger partial charge in [0.2, 0.25) is 8.70 Å². The molecule has 0 saturated heterocycles. The predicted octanol–water partition coefficient (Wildman–Crippen LogP) is 8.38. The molecule has 26 heavy (non-hydrogen) atoms. The van der Waals surface area contributed by atoms with Crippen molar-refractivity contribution in [2.75, 3.05) is 0 Å². The Bertz CT molecular complexity index is 416. The summed E-state index contributed by atoms with van der Waals surface area (Å²) >= 11 is 33.9. The van der Waals surface area contributed by atoms with Gasteiger partial charge >= 0.3 is 0 Å². The van der Waals surface area contributed by atoms with Crippen LogP contribution in [-0.4, -0.2) is 52.0 Å². The van der Waals surface area contributed by atoms with E-state index in [1.54, 1.807) is 0 Å².